The molecule has 2 N–H and O–H groups in total. The lowest BCUT2D eigenvalue weighted by Gasteiger charge is -2.39. The third kappa shape index (κ3) is 5.22. The van der Waals surface area contributed by atoms with Crippen LogP contribution in [0.2, 0.25) is 0 Å². The molecule has 0 aromatic heterocycles. The Morgan fingerprint density at radius 1 is 0.724 bits per heavy atom. The maximum Gasteiger partial charge on any atom is 0.460 e. The van der Waals surface area contributed by atoms with Crippen LogP contribution in [0.15, 0.2) is 0 Å². The van der Waals surface area contributed by atoms with Crippen molar-refractivity contribution in [2.24, 2.45) is 0 Å². The SMILES string of the molecule is O=S([O-])NNS(=O)(=O)CCC(F)(F)C(F)(F)C(F)(F)C(F)(F)C(F)(F)C(F)(F)F. The average Bonchev–Trinajstić information content (AvgIpc) is 2.49. The summed E-state index contributed by atoms with van der Waals surface area (Å²) >= 11 is -3.43. The first-order valence-electron chi connectivity index (χ1n) is 6.17. The first-order chi connectivity index (χ1) is 12.4. The molecular weight excluding hydrogens is 499 g/mol. The molecule has 0 rings (SSSR count). The number of nitrogens with one attached hydrogen (secondary N) is 2. The highest BCUT2D eigenvalue weighted by atomic mass is 32.2. The second kappa shape index (κ2) is 7.96. The number of hydrogen-bond acceptors (Lipinski definition) is 4. The van der Waals surface area contributed by atoms with Crippen molar-refractivity contribution in [3.63, 3.8) is 0 Å². The van der Waals surface area contributed by atoms with Gasteiger partial charge in [-0.2, -0.15) is 61.9 Å². The molecule has 0 aliphatic rings. The summed E-state index contributed by atoms with van der Waals surface area (Å²) in [7, 11) is -5.33. The second-order valence-electron chi connectivity index (χ2n) is 5.01. The van der Waals surface area contributed by atoms with Crippen LogP contribution in [0, 0.1) is 0 Å². The third-order valence-electron chi connectivity index (χ3n) is 2.96. The number of sulfonamides is 1. The first kappa shape index (κ1) is 28.1. The summed E-state index contributed by atoms with van der Waals surface area (Å²) in [6.45, 7) is 0. The second-order valence-corrected chi connectivity index (χ2v) is 7.52. The van der Waals surface area contributed by atoms with E-state index in [1.54, 1.807) is 0 Å². The van der Waals surface area contributed by atoms with E-state index in [1.807, 2.05) is 0 Å². The molecule has 0 heterocycles. The number of hydrogen-bond donors (Lipinski definition) is 2. The minimum absolute atomic E-state index is 0.723. The van der Waals surface area contributed by atoms with Crippen LogP contribution in [-0.2, 0) is 21.3 Å². The van der Waals surface area contributed by atoms with Gasteiger partial charge in [-0.25, -0.2) is 8.42 Å². The predicted octanol–water partition coefficient (Wildman–Crippen LogP) is 2.33. The van der Waals surface area contributed by atoms with Gasteiger partial charge in [0.15, 0.2) is 0 Å². The van der Waals surface area contributed by atoms with Crippen LogP contribution < -0.4 is 9.66 Å². The Hall–Kier alpha value is -0.930. The molecule has 0 aromatic rings. The summed E-state index contributed by atoms with van der Waals surface area (Å²) in [6, 6.07) is 0. The van der Waals surface area contributed by atoms with Crippen molar-refractivity contribution in [1.29, 1.82) is 0 Å². The highest BCUT2D eigenvalue weighted by molar-refractivity contribution is 7.90. The lowest BCUT2D eigenvalue weighted by atomic mass is 9.93. The van der Waals surface area contributed by atoms with Crippen molar-refractivity contribution in [1.82, 2.24) is 9.66 Å². The van der Waals surface area contributed by atoms with Crippen LogP contribution in [0.3, 0.4) is 0 Å². The first-order valence-corrected chi connectivity index (χ1v) is 8.90. The van der Waals surface area contributed by atoms with Gasteiger partial charge in [0.1, 0.15) is 0 Å². The van der Waals surface area contributed by atoms with E-state index >= 15 is 0 Å². The molecule has 0 spiro atoms. The Kier molecular flexibility index (Phi) is 7.71. The van der Waals surface area contributed by atoms with Crippen molar-refractivity contribution in [2.45, 2.75) is 42.2 Å². The quantitative estimate of drug-likeness (QED) is 0.271. The molecule has 0 bridgehead atoms. The zero-order chi connectivity index (χ0) is 23.9. The van der Waals surface area contributed by atoms with Gasteiger partial charge in [0.05, 0.1) is 5.75 Å². The fourth-order valence-corrected chi connectivity index (χ4v) is 2.78. The van der Waals surface area contributed by atoms with E-state index in [4.69, 9.17) is 0 Å². The van der Waals surface area contributed by atoms with Crippen LogP contribution in [0.25, 0.3) is 0 Å². The molecule has 0 saturated heterocycles. The lowest BCUT2D eigenvalue weighted by Crippen LogP contribution is -2.70. The molecule has 0 aliphatic carbocycles. The van der Waals surface area contributed by atoms with Crippen molar-refractivity contribution in [2.75, 3.05) is 5.75 Å². The van der Waals surface area contributed by atoms with E-state index in [1.165, 1.54) is 0 Å². The van der Waals surface area contributed by atoms with E-state index < -0.39 is 69.3 Å². The molecule has 1 unspecified atom stereocenters. The number of halogens is 13. The van der Waals surface area contributed by atoms with Gasteiger partial charge < -0.3 is 4.55 Å². The van der Waals surface area contributed by atoms with Gasteiger partial charge >= 0.3 is 35.8 Å². The van der Waals surface area contributed by atoms with Crippen LogP contribution in [0.1, 0.15) is 6.42 Å². The Labute approximate surface area is 154 Å². The number of alkyl halides is 13. The van der Waals surface area contributed by atoms with Gasteiger partial charge in [-0.15, -0.1) is 4.83 Å². The number of rotatable bonds is 10. The van der Waals surface area contributed by atoms with Crippen molar-refractivity contribution >= 4 is 21.3 Å². The zero-order valence-corrected chi connectivity index (χ0v) is 14.4. The van der Waals surface area contributed by atoms with Gasteiger partial charge in [0.25, 0.3) is 0 Å². The Bertz CT molecular complexity index is 721. The molecular formula is C8H6F13N2O4S2-. The summed E-state index contributed by atoms with van der Waals surface area (Å²) in [4.78, 5) is 1.53. The molecule has 0 amide bonds. The largest absolute Gasteiger partial charge is 0.759 e. The average molecular weight is 505 g/mol. The lowest BCUT2D eigenvalue weighted by molar-refractivity contribution is -0.439. The topological polar surface area (TPSA) is 98.3 Å². The molecule has 21 heteroatoms. The van der Waals surface area contributed by atoms with E-state index in [2.05, 4.69) is 0 Å². The van der Waals surface area contributed by atoms with E-state index in [0.717, 1.165) is 9.66 Å². The minimum Gasteiger partial charge on any atom is -0.759 e. The van der Waals surface area contributed by atoms with Gasteiger partial charge in [-0.3, -0.25) is 4.21 Å². The van der Waals surface area contributed by atoms with Gasteiger partial charge in [0.2, 0.25) is 10.0 Å². The Morgan fingerprint density at radius 2 is 1.10 bits per heavy atom. The van der Waals surface area contributed by atoms with Crippen molar-refractivity contribution < 1.29 is 74.3 Å². The standard InChI is InChI=1S/C8H7F13N2O4S2/c9-3(10,1-2-29(26,27)23-22-28(24)25)4(11,12)5(13,14)6(15,16)7(17,18)8(19,20)21/h22-23H,1-2H2,(H,24,25)/p-1. The molecule has 0 aromatic carbocycles. The van der Waals surface area contributed by atoms with Gasteiger partial charge in [-0.05, 0) is 0 Å². The summed E-state index contributed by atoms with van der Waals surface area (Å²) < 4.78 is 208. The van der Waals surface area contributed by atoms with E-state index in [-0.39, 0.29) is 0 Å². The normalized spacial score (nSPS) is 16.8. The molecule has 0 fully saturated rings. The molecule has 6 nitrogen and oxygen atoms in total. The van der Waals surface area contributed by atoms with Crippen molar-refractivity contribution in [3.8, 4) is 0 Å². The van der Waals surface area contributed by atoms with E-state index in [9.17, 15) is 74.3 Å². The minimum atomic E-state index is -8.09. The maximum atomic E-state index is 13.3. The zero-order valence-electron chi connectivity index (χ0n) is 12.8. The summed E-state index contributed by atoms with van der Waals surface area (Å²) in [5.74, 6) is -40.6. The van der Waals surface area contributed by atoms with Crippen LogP contribution in [0.4, 0.5) is 57.1 Å². The summed E-state index contributed by atoms with van der Waals surface area (Å²) in [5, 5.41) is 0. The molecule has 1 atom stereocenters. The smallest absolute Gasteiger partial charge is 0.460 e. The van der Waals surface area contributed by atoms with Crippen LogP contribution in [0.5, 0.6) is 0 Å². The summed E-state index contributed by atoms with van der Waals surface area (Å²) in [5.41, 5.74) is 0. The van der Waals surface area contributed by atoms with E-state index in [0.29, 0.717) is 0 Å². The fraction of sp³-hybridized carbons (Fsp3) is 1.00. The maximum absolute atomic E-state index is 13.3. The molecule has 176 valence electrons. The van der Waals surface area contributed by atoms with Crippen LogP contribution >= 0.6 is 0 Å². The van der Waals surface area contributed by atoms with Crippen molar-refractivity contribution in [3.05, 3.63) is 0 Å². The molecule has 0 radical (unpaired) electrons. The Morgan fingerprint density at radius 3 is 1.45 bits per heavy atom. The Balaban J connectivity index is 5.91. The molecule has 29 heavy (non-hydrogen) atoms. The van der Waals surface area contributed by atoms with Crippen LogP contribution in [-0.4, -0.2) is 58.7 Å². The fourth-order valence-electron chi connectivity index (χ4n) is 1.37. The number of hydrazine groups is 1. The highest BCUT2D eigenvalue weighted by Crippen LogP contribution is 2.60. The highest BCUT2D eigenvalue weighted by Gasteiger charge is 2.90. The predicted molar refractivity (Wildman–Crippen MR) is 64.4 cm³/mol. The monoisotopic (exact) mass is 505 g/mol. The van der Waals surface area contributed by atoms with Gasteiger partial charge in [-0.1, -0.05) is 0 Å². The van der Waals surface area contributed by atoms with Gasteiger partial charge in [0, 0.05) is 17.7 Å². The molecule has 0 saturated carbocycles. The third-order valence-corrected chi connectivity index (χ3v) is 4.52. The molecule has 0 aliphatic heterocycles. The summed E-state index contributed by atoms with van der Waals surface area (Å²) in [6.07, 6.45) is -10.6.